The SMILES string of the molecule is O=C(O)n1nc(-c2ccccc2)c2cc(Br)ccc21. The first-order valence-corrected chi connectivity index (χ1v) is 6.43. The monoisotopic (exact) mass is 316 g/mol. The van der Waals surface area contributed by atoms with Crippen LogP contribution < -0.4 is 0 Å². The van der Waals surface area contributed by atoms with Gasteiger partial charge >= 0.3 is 6.09 Å². The van der Waals surface area contributed by atoms with Gasteiger partial charge in [-0.05, 0) is 18.2 Å². The van der Waals surface area contributed by atoms with E-state index in [-0.39, 0.29) is 0 Å². The number of hydrogen-bond acceptors (Lipinski definition) is 2. The number of halogens is 1. The van der Waals surface area contributed by atoms with Crippen LogP contribution in [0.4, 0.5) is 4.79 Å². The van der Waals surface area contributed by atoms with Crippen molar-refractivity contribution < 1.29 is 9.90 Å². The smallest absolute Gasteiger partial charge is 0.432 e. The Morgan fingerprint density at radius 2 is 1.89 bits per heavy atom. The van der Waals surface area contributed by atoms with E-state index in [4.69, 9.17) is 0 Å². The summed E-state index contributed by atoms with van der Waals surface area (Å²) in [5.74, 6) is 0. The summed E-state index contributed by atoms with van der Waals surface area (Å²) < 4.78 is 1.89. The van der Waals surface area contributed by atoms with Crippen molar-refractivity contribution in [2.24, 2.45) is 0 Å². The van der Waals surface area contributed by atoms with E-state index in [1.54, 1.807) is 12.1 Å². The molecular weight excluding hydrogens is 308 g/mol. The van der Waals surface area contributed by atoms with Gasteiger partial charge in [0.1, 0.15) is 5.69 Å². The van der Waals surface area contributed by atoms with E-state index in [0.717, 1.165) is 20.1 Å². The zero-order chi connectivity index (χ0) is 13.4. The normalized spacial score (nSPS) is 10.8. The number of benzene rings is 2. The van der Waals surface area contributed by atoms with Crippen molar-refractivity contribution in [2.75, 3.05) is 0 Å². The Balaban J connectivity index is 2.36. The maximum Gasteiger partial charge on any atom is 0.432 e. The maximum atomic E-state index is 11.2. The molecule has 0 aliphatic carbocycles. The molecular formula is C14H9BrN2O2. The van der Waals surface area contributed by atoms with E-state index in [1.165, 1.54) is 0 Å². The van der Waals surface area contributed by atoms with Crippen LogP contribution in [-0.4, -0.2) is 21.0 Å². The van der Waals surface area contributed by atoms with Gasteiger partial charge in [-0.25, -0.2) is 4.79 Å². The maximum absolute atomic E-state index is 11.2. The van der Waals surface area contributed by atoms with Gasteiger partial charge in [-0.15, -0.1) is 0 Å². The molecule has 0 amide bonds. The molecule has 19 heavy (non-hydrogen) atoms. The molecule has 0 aliphatic heterocycles. The second-order valence-electron chi connectivity index (χ2n) is 4.07. The van der Waals surface area contributed by atoms with Gasteiger partial charge in [-0.3, -0.25) is 0 Å². The summed E-state index contributed by atoms with van der Waals surface area (Å²) in [4.78, 5) is 11.2. The van der Waals surface area contributed by atoms with Gasteiger partial charge in [0.2, 0.25) is 0 Å². The highest BCUT2D eigenvalue weighted by molar-refractivity contribution is 9.10. The van der Waals surface area contributed by atoms with Crippen molar-refractivity contribution in [1.82, 2.24) is 9.78 Å². The first kappa shape index (κ1) is 11.9. The van der Waals surface area contributed by atoms with Crippen LogP contribution in [0.3, 0.4) is 0 Å². The highest BCUT2D eigenvalue weighted by Crippen LogP contribution is 2.29. The van der Waals surface area contributed by atoms with Crippen LogP contribution in [0.1, 0.15) is 0 Å². The predicted molar refractivity (Wildman–Crippen MR) is 76.3 cm³/mol. The lowest BCUT2D eigenvalue weighted by atomic mass is 10.1. The van der Waals surface area contributed by atoms with Crippen molar-refractivity contribution >= 4 is 32.9 Å². The number of hydrogen-bond donors (Lipinski definition) is 1. The van der Waals surface area contributed by atoms with E-state index in [0.29, 0.717) is 11.2 Å². The first-order chi connectivity index (χ1) is 9.16. The number of nitrogens with zero attached hydrogens (tertiary/aromatic N) is 2. The second kappa shape index (κ2) is 4.51. The average molecular weight is 317 g/mol. The third kappa shape index (κ3) is 2.02. The molecule has 94 valence electrons. The Hall–Kier alpha value is -2.14. The molecule has 4 nitrogen and oxygen atoms in total. The van der Waals surface area contributed by atoms with Crippen LogP contribution in [0.2, 0.25) is 0 Å². The fourth-order valence-electron chi connectivity index (χ4n) is 2.05. The number of aromatic nitrogens is 2. The lowest BCUT2D eigenvalue weighted by molar-refractivity contribution is 0.194. The summed E-state index contributed by atoms with van der Waals surface area (Å²) in [6.45, 7) is 0. The summed E-state index contributed by atoms with van der Waals surface area (Å²) in [6, 6.07) is 15.0. The summed E-state index contributed by atoms with van der Waals surface area (Å²) in [5, 5.41) is 14.2. The molecule has 1 heterocycles. The second-order valence-corrected chi connectivity index (χ2v) is 4.99. The quantitative estimate of drug-likeness (QED) is 0.738. The molecule has 5 heteroatoms. The third-order valence-corrected chi connectivity index (χ3v) is 3.36. The Morgan fingerprint density at radius 1 is 1.16 bits per heavy atom. The zero-order valence-electron chi connectivity index (χ0n) is 9.75. The minimum absolute atomic E-state index is 0.578. The van der Waals surface area contributed by atoms with E-state index >= 15 is 0 Å². The lowest BCUT2D eigenvalue weighted by Crippen LogP contribution is -2.09. The average Bonchev–Trinajstić information content (AvgIpc) is 2.78. The van der Waals surface area contributed by atoms with Gasteiger partial charge in [-0.2, -0.15) is 9.78 Å². The van der Waals surface area contributed by atoms with Gasteiger partial charge in [0.25, 0.3) is 0 Å². The highest BCUT2D eigenvalue weighted by atomic mass is 79.9. The Bertz CT molecular complexity index is 766. The predicted octanol–water partition coefficient (Wildman–Crippen LogP) is 3.99. The van der Waals surface area contributed by atoms with Crippen LogP contribution in [0, 0.1) is 0 Å². The lowest BCUT2D eigenvalue weighted by Gasteiger charge is -1.97. The molecule has 0 spiro atoms. The number of carbonyl (C=O) groups is 1. The van der Waals surface area contributed by atoms with E-state index in [1.807, 2.05) is 36.4 Å². The standard InChI is InChI=1S/C14H9BrN2O2/c15-10-6-7-12-11(8-10)13(16-17(12)14(18)19)9-4-2-1-3-5-9/h1-8H,(H,18,19). The highest BCUT2D eigenvalue weighted by Gasteiger charge is 2.15. The summed E-state index contributed by atoms with van der Waals surface area (Å²) in [5.41, 5.74) is 2.14. The fourth-order valence-corrected chi connectivity index (χ4v) is 2.41. The molecule has 0 unspecified atom stereocenters. The van der Waals surface area contributed by atoms with Crippen LogP contribution in [0.25, 0.3) is 22.2 Å². The van der Waals surface area contributed by atoms with Crippen molar-refractivity contribution in [3.8, 4) is 11.3 Å². The minimum atomic E-state index is -1.09. The molecule has 0 bridgehead atoms. The van der Waals surface area contributed by atoms with E-state index in [9.17, 15) is 9.90 Å². The number of carboxylic acid groups (broad SMARTS) is 1. The van der Waals surface area contributed by atoms with Crippen LogP contribution in [0.5, 0.6) is 0 Å². The van der Waals surface area contributed by atoms with Gasteiger partial charge in [0.15, 0.2) is 0 Å². The minimum Gasteiger partial charge on any atom is -0.463 e. The van der Waals surface area contributed by atoms with E-state index in [2.05, 4.69) is 21.0 Å². The summed E-state index contributed by atoms with van der Waals surface area (Å²) in [7, 11) is 0. The Kier molecular flexibility index (Phi) is 2.83. The molecule has 0 saturated carbocycles. The van der Waals surface area contributed by atoms with Crippen molar-refractivity contribution in [2.45, 2.75) is 0 Å². The van der Waals surface area contributed by atoms with Gasteiger partial charge in [0, 0.05) is 15.4 Å². The summed E-state index contributed by atoms with van der Waals surface area (Å²) in [6.07, 6.45) is -1.09. The molecule has 0 atom stereocenters. The Labute approximate surface area is 117 Å². The molecule has 0 saturated heterocycles. The topological polar surface area (TPSA) is 55.1 Å². The summed E-state index contributed by atoms with van der Waals surface area (Å²) >= 11 is 3.40. The van der Waals surface area contributed by atoms with Gasteiger partial charge in [-0.1, -0.05) is 46.3 Å². The molecule has 0 fully saturated rings. The van der Waals surface area contributed by atoms with Gasteiger partial charge in [0.05, 0.1) is 5.52 Å². The van der Waals surface area contributed by atoms with Crippen molar-refractivity contribution in [3.63, 3.8) is 0 Å². The zero-order valence-corrected chi connectivity index (χ0v) is 11.3. The van der Waals surface area contributed by atoms with Crippen LogP contribution in [-0.2, 0) is 0 Å². The third-order valence-electron chi connectivity index (χ3n) is 2.87. The molecule has 0 radical (unpaired) electrons. The molecule has 1 aromatic heterocycles. The fraction of sp³-hybridized carbons (Fsp3) is 0. The molecule has 2 aromatic carbocycles. The first-order valence-electron chi connectivity index (χ1n) is 5.64. The molecule has 0 aliphatic rings. The molecule has 3 rings (SSSR count). The molecule has 1 N–H and O–H groups in total. The number of fused-ring (bicyclic) bond motifs is 1. The largest absolute Gasteiger partial charge is 0.463 e. The Morgan fingerprint density at radius 3 is 2.58 bits per heavy atom. The van der Waals surface area contributed by atoms with Gasteiger partial charge < -0.3 is 5.11 Å². The van der Waals surface area contributed by atoms with E-state index < -0.39 is 6.09 Å². The van der Waals surface area contributed by atoms with Crippen molar-refractivity contribution in [3.05, 3.63) is 53.0 Å². The van der Waals surface area contributed by atoms with Crippen LogP contribution in [0.15, 0.2) is 53.0 Å². The number of rotatable bonds is 1. The van der Waals surface area contributed by atoms with Crippen LogP contribution >= 0.6 is 15.9 Å². The molecule has 3 aromatic rings. The van der Waals surface area contributed by atoms with Crippen molar-refractivity contribution in [1.29, 1.82) is 0 Å².